The van der Waals surface area contributed by atoms with Crippen molar-refractivity contribution >= 4 is 16.9 Å². The first-order valence-corrected chi connectivity index (χ1v) is 6.94. The molecule has 2 heterocycles. The van der Waals surface area contributed by atoms with Crippen LogP contribution >= 0.6 is 11.8 Å². The second-order valence-corrected chi connectivity index (χ2v) is 5.68. The predicted octanol–water partition coefficient (Wildman–Crippen LogP) is -0.613. The minimum atomic E-state index is -4.99. The zero-order valence-electron chi connectivity index (χ0n) is 10.5. The zero-order chi connectivity index (χ0) is 15.8. The van der Waals surface area contributed by atoms with Crippen LogP contribution in [-0.2, 0) is 4.74 Å². The lowest BCUT2D eigenvalue weighted by Crippen LogP contribution is -2.60. The molecule has 1 fully saturated rings. The smallest absolute Gasteiger partial charge is 0.388 e. The van der Waals surface area contributed by atoms with Crippen LogP contribution in [0.2, 0.25) is 0 Å². The average Bonchev–Trinajstić information content (AvgIpc) is 2.82. The van der Waals surface area contributed by atoms with Gasteiger partial charge in [0.25, 0.3) is 0 Å². The molecule has 0 amide bonds. The summed E-state index contributed by atoms with van der Waals surface area (Å²) in [6.07, 6.45) is -13.5. The van der Waals surface area contributed by atoms with Crippen molar-refractivity contribution < 1.29 is 37.6 Å². The standard InChI is InChI=1S/C10H14F4N2O4S/c11-1-2-15-9-16-3-4(17)5(18)6(20-8(3)21-9)7(19)10(12,13)14/h3-8,17-19H,1-2H2,(H,15,16)/t3-,4-,5+,6+,7+,8-/m1/s1. The SMILES string of the molecule is O[C@H]1[C@H](O)[C@@H]([C@H](O)C(F)(F)F)O[C@@H]2SC(NCCF)=N[C@H]12. The molecule has 11 heteroatoms. The number of thioether (sulfide) groups is 1. The molecule has 0 aromatic carbocycles. The first-order valence-electron chi connectivity index (χ1n) is 6.06. The lowest BCUT2D eigenvalue weighted by Gasteiger charge is -2.40. The quantitative estimate of drug-likeness (QED) is 0.515. The monoisotopic (exact) mass is 334 g/mol. The van der Waals surface area contributed by atoms with Gasteiger partial charge in [-0.05, 0) is 0 Å². The lowest BCUT2D eigenvalue weighted by atomic mass is 9.94. The largest absolute Gasteiger partial charge is 0.417 e. The molecule has 4 N–H and O–H groups in total. The molecular formula is C10H14F4N2O4S. The van der Waals surface area contributed by atoms with E-state index in [0.29, 0.717) is 0 Å². The van der Waals surface area contributed by atoms with Gasteiger partial charge < -0.3 is 25.4 Å². The molecule has 0 bridgehead atoms. The van der Waals surface area contributed by atoms with Crippen LogP contribution in [0.3, 0.4) is 0 Å². The molecule has 0 unspecified atom stereocenters. The number of fused-ring (bicyclic) bond motifs is 1. The number of amidine groups is 1. The Morgan fingerprint density at radius 1 is 1.33 bits per heavy atom. The normalized spacial score (nSPS) is 37.9. The summed E-state index contributed by atoms with van der Waals surface area (Å²) in [4.78, 5) is 3.94. The summed E-state index contributed by atoms with van der Waals surface area (Å²) < 4.78 is 54.6. The van der Waals surface area contributed by atoms with Crippen LogP contribution in [-0.4, -0.2) is 75.8 Å². The molecule has 0 aromatic heterocycles. The van der Waals surface area contributed by atoms with E-state index < -0.39 is 48.7 Å². The van der Waals surface area contributed by atoms with Gasteiger partial charge in [-0.1, -0.05) is 11.8 Å². The Labute approximate surface area is 121 Å². The average molecular weight is 334 g/mol. The van der Waals surface area contributed by atoms with Gasteiger partial charge in [0.2, 0.25) is 0 Å². The Hall–Kier alpha value is -0.620. The molecule has 2 aliphatic rings. The van der Waals surface area contributed by atoms with E-state index in [-0.39, 0.29) is 11.7 Å². The zero-order valence-corrected chi connectivity index (χ0v) is 11.3. The van der Waals surface area contributed by atoms with Gasteiger partial charge in [-0.2, -0.15) is 13.2 Å². The minimum Gasteiger partial charge on any atom is -0.388 e. The highest BCUT2D eigenvalue weighted by Gasteiger charge is 2.55. The molecule has 2 rings (SSSR count). The van der Waals surface area contributed by atoms with E-state index in [1.807, 2.05) is 0 Å². The Kier molecular flexibility index (Phi) is 4.98. The summed E-state index contributed by atoms with van der Waals surface area (Å²) in [6, 6.07) is -0.983. The summed E-state index contributed by atoms with van der Waals surface area (Å²) in [6.45, 7) is -0.713. The summed E-state index contributed by atoms with van der Waals surface area (Å²) in [5, 5.41) is 31.5. The lowest BCUT2D eigenvalue weighted by molar-refractivity contribution is -0.271. The van der Waals surface area contributed by atoms with Crippen molar-refractivity contribution in [3.8, 4) is 0 Å². The number of aliphatic hydroxyl groups is 3. The van der Waals surface area contributed by atoms with E-state index in [1.54, 1.807) is 0 Å². The molecule has 6 nitrogen and oxygen atoms in total. The fraction of sp³-hybridized carbons (Fsp3) is 0.900. The maximum absolute atomic E-state index is 12.5. The molecule has 0 radical (unpaired) electrons. The number of ether oxygens (including phenoxy) is 1. The number of rotatable bonds is 3. The second kappa shape index (κ2) is 6.24. The highest BCUT2D eigenvalue weighted by molar-refractivity contribution is 8.14. The third-order valence-corrected chi connectivity index (χ3v) is 4.21. The Morgan fingerprint density at radius 2 is 2.00 bits per heavy atom. The fourth-order valence-corrected chi connectivity index (χ4v) is 3.21. The van der Waals surface area contributed by atoms with Crippen LogP contribution in [0, 0.1) is 0 Å². The third-order valence-electron chi connectivity index (χ3n) is 3.12. The van der Waals surface area contributed by atoms with Gasteiger partial charge >= 0.3 is 6.18 Å². The minimum absolute atomic E-state index is 0.0431. The molecule has 21 heavy (non-hydrogen) atoms. The van der Waals surface area contributed by atoms with Crippen molar-refractivity contribution in [2.24, 2.45) is 4.99 Å². The Bertz CT molecular complexity index is 411. The van der Waals surface area contributed by atoms with Gasteiger partial charge in [0, 0.05) is 6.54 Å². The molecule has 6 atom stereocenters. The highest BCUT2D eigenvalue weighted by atomic mass is 32.2. The molecule has 1 saturated heterocycles. The van der Waals surface area contributed by atoms with Crippen LogP contribution in [0.4, 0.5) is 17.6 Å². The van der Waals surface area contributed by atoms with E-state index in [2.05, 4.69) is 10.3 Å². The maximum Gasteiger partial charge on any atom is 0.417 e. The number of halogens is 4. The second-order valence-electron chi connectivity index (χ2n) is 4.60. The van der Waals surface area contributed by atoms with E-state index in [0.717, 1.165) is 11.8 Å². The van der Waals surface area contributed by atoms with Gasteiger partial charge in [-0.15, -0.1) is 0 Å². The van der Waals surface area contributed by atoms with Gasteiger partial charge in [0.15, 0.2) is 11.3 Å². The van der Waals surface area contributed by atoms with E-state index in [9.17, 15) is 32.9 Å². The first kappa shape index (κ1) is 16.7. The molecule has 122 valence electrons. The number of nitrogens with zero attached hydrogens (tertiary/aromatic N) is 1. The maximum atomic E-state index is 12.5. The van der Waals surface area contributed by atoms with Gasteiger partial charge in [-0.3, -0.25) is 4.99 Å². The Balaban J connectivity index is 2.08. The molecule has 0 saturated carbocycles. The number of aliphatic imine (C=N–C) groups is 1. The molecule has 0 aromatic rings. The number of hydrogen-bond donors (Lipinski definition) is 4. The number of nitrogens with one attached hydrogen (secondary N) is 1. The molecule has 2 aliphatic heterocycles. The highest BCUT2D eigenvalue weighted by Crippen LogP contribution is 2.38. The van der Waals surface area contributed by atoms with E-state index >= 15 is 0 Å². The molecule has 0 aliphatic carbocycles. The predicted molar refractivity (Wildman–Crippen MR) is 65.5 cm³/mol. The number of aliphatic hydroxyl groups excluding tert-OH is 3. The van der Waals surface area contributed by atoms with Gasteiger partial charge in [0.1, 0.15) is 36.5 Å². The fourth-order valence-electron chi connectivity index (χ4n) is 2.07. The van der Waals surface area contributed by atoms with Crippen LogP contribution in [0.5, 0.6) is 0 Å². The van der Waals surface area contributed by atoms with E-state index in [1.165, 1.54) is 0 Å². The van der Waals surface area contributed by atoms with Gasteiger partial charge in [0.05, 0.1) is 0 Å². The van der Waals surface area contributed by atoms with Gasteiger partial charge in [-0.25, -0.2) is 4.39 Å². The van der Waals surface area contributed by atoms with Crippen molar-refractivity contribution in [1.82, 2.24) is 5.32 Å². The number of alkyl halides is 4. The number of hydrogen-bond acceptors (Lipinski definition) is 7. The molecule has 0 spiro atoms. The first-order chi connectivity index (χ1) is 9.75. The summed E-state index contributed by atoms with van der Waals surface area (Å²) >= 11 is 0.873. The van der Waals surface area contributed by atoms with Crippen molar-refractivity contribution in [3.63, 3.8) is 0 Å². The Morgan fingerprint density at radius 3 is 2.57 bits per heavy atom. The van der Waals surface area contributed by atoms with Crippen molar-refractivity contribution in [2.75, 3.05) is 13.2 Å². The van der Waals surface area contributed by atoms with Crippen LogP contribution in [0.1, 0.15) is 0 Å². The summed E-state index contributed by atoms with van der Waals surface area (Å²) in [7, 11) is 0. The van der Waals surface area contributed by atoms with E-state index in [4.69, 9.17) is 4.74 Å². The van der Waals surface area contributed by atoms with Crippen molar-refractivity contribution in [3.05, 3.63) is 0 Å². The van der Waals surface area contributed by atoms with Crippen molar-refractivity contribution in [2.45, 2.75) is 42.1 Å². The van der Waals surface area contributed by atoms with Crippen LogP contribution in [0.15, 0.2) is 4.99 Å². The van der Waals surface area contributed by atoms with Crippen LogP contribution < -0.4 is 5.32 Å². The van der Waals surface area contributed by atoms with Crippen molar-refractivity contribution in [1.29, 1.82) is 0 Å². The summed E-state index contributed by atoms with van der Waals surface area (Å²) in [5.41, 5.74) is -0.993. The summed E-state index contributed by atoms with van der Waals surface area (Å²) in [5.74, 6) is 0. The van der Waals surface area contributed by atoms with Crippen LogP contribution in [0.25, 0.3) is 0 Å². The molecular weight excluding hydrogens is 320 g/mol. The topological polar surface area (TPSA) is 94.3 Å². The third kappa shape index (κ3) is 3.42.